The van der Waals surface area contributed by atoms with Crippen LogP contribution >= 0.6 is 11.3 Å². The van der Waals surface area contributed by atoms with Crippen molar-refractivity contribution in [3.05, 3.63) is 157 Å². The maximum atomic E-state index is 9.31. The number of fused-ring (bicyclic) bond motifs is 6. The van der Waals surface area contributed by atoms with Gasteiger partial charge >= 0.3 is 0 Å². The zero-order valence-corrected chi connectivity index (χ0v) is 22.5. The molecule has 9 rings (SSSR count). The first kappa shape index (κ1) is 11.1. The van der Waals surface area contributed by atoms with Crippen LogP contribution in [0.4, 0.5) is 0 Å². The minimum absolute atomic E-state index is 0.0155. The topological polar surface area (TPSA) is 0 Å². The van der Waals surface area contributed by atoms with Crippen molar-refractivity contribution in [3.63, 3.8) is 0 Å². The van der Waals surface area contributed by atoms with Crippen LogP contribution in [0.5, 0.6) is 0 Å². The largest absolute Gasteiger partial charge is 0.135 e. The highest BCUT2D eigenvalue weighted by Crippen LogP contribution is 2.45. The minimum Gasteiger partial charge on any atom is -0.135 e. The number of rotatable bonds is 3. The molecule has 0 saturated carbocycles. The third-order valence-electron chi connectivity index (χ3n) is 7.29. The van der Waals surface area contributed by atoms with E-state index in [2.05, 4.69) is 0 Å². The molecule has 1 heteroatoms. The standard InChI is InChI=1S/C42H26S/c1-2-12-31-28(10-1)11-9-18-34(31)42-37-16-5-3-14-35(37)41(36-15-4-6-17-38(36)42)29-22-20-27(21-23-29)30-24-25-33-32-13-7-8-19-39(32)43-40(33)26-30/h1-26H/i1D,2D,3D,4D,5D,6D,7D,8D,9D,10D,11D,12D,13D,14D,15D,16D,17D,18D,19D,24D,25D,26D. The SMILES string of the molecule is [2H]c1c([2H])c([2H])c2c(sc3c([2H])c(-c4ccc(-c5c6c([2H])c([2H])c([2H])c([2H])c6c(-c6c([2H])c([2H])c([2H])c7c([2H])c([2H])c([2H])c([2H])c67)c6c([2H])c([2H])c([2H])c([2H])c56)cc4)c([2H])c([2H])c32)c1[2H]. The van der Waals surface area contributed by atoms with Gasteiger partial charge in [0, 0.05) is 20.2 Å². The van der Waals surface area contributed by atoms with Crippen LogP contribution in [0.3, 0.4) is 0 Å². The molecule has 0 aliphatic carbocycles. The fraction of sp³-hybridized carbons (Fsp3) is 0. The monoisotopic (exact) mass is 584 g/mol. The summed E-state index contributed by atoms with van der Waals surface area (Å²) in [5, 5.41) is -2.44. The van der Waals surface area contributed by atoms with E-state index >= 15 is 0 Å². The van der Waals surface area contributed by atoms with E-state index in [1.165, 1.54) is 24.3 Å². The summed E-state index contributed by atoms with van der Waals surface area (Å²) < 4.78 is 194. The third kappa shape index (κ3) is 3.82. The average molecular weight is 585 g/mol. The molecule has 0 spiro atoms. The van der Waals surface area contributed by atoms with Gasteiger partial charge in [-0.25, -0.2) is 0 Å². The lowest BCUT2D eigenvalue weighted by molar-refractivity contribution is 1.64. The van der Waals surface area contributed by atoms with E-state index in [9.17, 15) is 8.22 Å². The molecule has 1 heterocycles. The minimum atomic E-state index is -0.824. The Morgan fingerprint density at radius 2 is 0.907 bits per heavy atom. The first-order valence-corrected chi connectivity index (χ1v) is 13.8. The molecule has 0 fully saturated rings. The van der Waals surface area contributed by atoms with Gasteiger partial charge in [-0.15, -0.1) is 11.3 Å². The van der Waals surface area contributed by atoms with Crippen LogP contribution in [0.1, 0.15) is 30.2 Å². The summed E-state index contributed by atoms with van der Waals surface area (Å²) in [6.07, 6.45) is 0. The lowest BCUT2D eigenvalue weighted by atomic mass is 9.84. The zero-order valence-electron chi connectivity index (χ0n) is 43.7. The number of benzene rings is 8. The first-order valence-electron chi connectivity index (χ1n) is 24.0. The molecule has 0 N–H and O–H groups in total. The number of thiophene rings is 1. The van der Waals surface area contributed by atoms with Gasteiger partial charge in [0.2, 0.25) is 0 Å². The zero-order chi connectivity index (χ0) is 47.5. The summed E-state index contributed by atoms with van der Waals surface area (Å²) >= 11 is 0.881. The Labute approximate surface area is 285 Å². The third-order valence-corrected chi connectivity index (χ3v) is 8.31. The Morgan fingerprint density at radius 1 is 0.372 bits per heavy atom. The second-order valence-electron chi connectivity index (χ2n) is 9.59. The fourth-order valence-corrected chi connectivity index (χ4v) is 6.38. The van der Waals surface area contributed by atoms with Crippen molar-refractivity contribution in [1.82, 2.24) is 0 Å². The van der Waals surface area contributed by atoms with Crippen molar-refractivity contribution >= 4 is 63.8 Å². The Hall–Kier alpha value is -5.24. The van der Waals surface area contributed by atoms with Gasteiger partial charge < -0.3 is 0 Å². The Morgan fingerprint density at radius 3 is 1.63 bits per heavy atom. The molecule has 1 aromatic heterocycles. The van der Waals surface area contributed by atoms with Crippen LogP contribution in [0.25, 0.3) is 85.9 Å². The molecule has 0 bridgehead atoms. The molecule has 0 amide bonds. The summed E-state index contributed by atoms with van der Waals surface area (Å²) in [7, 11) is 0. The van der Waals surface area contributed by atoms with E-state index in [0.717, 1.165) is 11.3 Å². The van der Waals surface area contributed by atoms with Crippen molar-refractivity contribution in [2.24, 2.45) is 0 Å². The number of hydrogen-bond acceptors (Lipinski definition) is 1. The normalized spacial score (nSPS) is 18.9. The molecule has 0 atom stereocenters. The molecule has 200 valence electrons. The van der Waals surface area contributed by atoms with E-state index in [1.54, 1.807) is 0 Å². The predicted molar refractivity (Wildman–Crippen MR) is 188 cm³/mol. The van der Waals surface area contributed by atoms with Gasteiger partial charge in [-0.1, -0.05) is 145 Å². The van der Waals surface area contributed by atoms with E-state index in [-0.39, 0.29) is 65.3 Å². The van der Waals surface area contributed by atoms with Gasteiger partial charge in [-0.05, 0) is 77.8 Å². The quantitative estimate of drug-likeness (QED) is 0.181. The van der Waals surface area contributed by atoms with Crippen LogP contribution in [0.2, 0.25) is 0 Å². The van der Waals surface area contributed by atoms with Crippen LogP contribution < -0.4 is 0 Å². The second kappa shape index (κ2) is 9.66. The molecule has 43 heavy (non-hydrogen) atoms. The van der Waals surface area contributed by atoms with Crippen molar-refractivity contribution in [2.75, 3.05) is 0 Å². The van der Waals surface area contributed by atoms with Crippen LogP contribution in [-0.2, 0) is 0 Å². The number of hydrogen-bond donors (Lipinski definition) is 0. The summed E-state index contributed by atoms with van der Waals surface area (Å²) in [6, 6.07) is -8.61. The summed E-state index contributed by atoms with van der Waals surface area (Å²) in [4.78, 5) is 0. The van der Waals surface area contributed by atoms with Crippen LogP contribution in [-0.4, -0.2) is 0 Å². The molecule has 0 radical (unpaired) electrons. The van der Waals surface area contributed by atoms with Crippen molar-refractivity contribution in [3.8, 4) is 33.4 Å². The van der Waals surface area contributed by atoms with E-state index in [0.29, 0.717) is 0 Å². The van der Waals surface area contributed by atoms with Gasteiger partial charge in [0.05, 0.1) is 30.2 Å². The van der Waals surface area contributed by atoms with E-state index < -0.39 is 154 Å². The summed E-state index contributed by atoms with van der Waals surface area (Å²) in [6.45, 7) is 0. The Bertz CT molecular complexity index is 3640. The maximum Gasteiger partial charge on any atom is 0.0644 e. The summed E-state index contributed by atoms with van der Waals surface area (Å²) in [5.41, 5.74) is -0.881. The Kier molecular flexibility index (Phi) is 2.50. The smallest absolute Gasteiger partial charge is 0.0644 e. The molecular weight excluding hydrogens is 537 g/mol. The van der Waals surface area contributed by atoms with Crippen molar-refractivity contribution < 1.29 is 30.2 Å². The lowest BCUT2D eigenvalue weighted by Crippen LogP contribution is -1.91. The van der Waals surface area contributed by atoms with Gasteiger partial charge in [0.15, 0.2) is 0 Å². The molecule has 9 aromatic rings. The summed E-state index contributed by atoms with van der Waals surface area (Å²) in [5.74, 6) is 0. The Balaban J connectivity index is 1.44. The molecule has 8 aromatic carbocycles. The average Bonchev–Trinajstić information content (AvgIpc) is 3.70. The van der Waals surface area contributed by atoms with Gasteiger partial charge in [-0.3, -0.25) is 0 Å². The molecule has 0 unspecified atom stereocenters. The van der Waals surface area contributed by atoms with E-state index in [4.69, 9.17) is 21.9 Å². The second-order valence-corrected chi connectivity index (χ2v) is 10.6. The maximum absolute atomic E-state index is 9.31. The van der Waals surface area contributed by atoms with Gasteiger partial charge in [-0.2, -0.15) is 0 Å². The first-order chi connectivity index (χ1) is 30.5. The highest BCUT2D eigenvalue weighted by atomic mass is 32.1. The molecular formula is C42H26S. The van der Waals surface area contributed by atoms with Crippen molar-refractivity contribution in [1.29, 1.82) is 0 Å². The van der Waals surface area contributed by atoms with Gasteiger partial charge in [0.25, 0.3) is 0 Å². The molecule has 0 saturated heterocycles. The van der Waals surface area contributed by atoms with E-state index in [1.807, 2.05) is 0 Å². The molecule has 0 aliphatic heterocycles. The van der Waals surface area contributed by atoms with Crippen LogP contribution in [0, 0.1) is 0 Å². The fourth-order valence-electron chi connectivity index (χ4n) is 5.41. The molecule has 0 nitrogen and oxygen atoms in total. The highest BCUT2D eigenvalue weighted by molar-refractivity contribution is 7.25. The lowest BCUT2D eigenvalue weighted by Gasteiger charge is -2.19. The predicted octanol–water partition coefficient (Wildman–Crippen LogP) is 12.5. The highest BCUT2D eigenvalue weighted by Gasteiger charge is 2.18. The van der Waals surface area contributed by atoms with Crippen molar-refractivity contribution in [2.45, 2.75) is 0 Å². The van der Waals surface area contributed by atoms with Crippen LogP contribution in [0.15, 0.2) is 157 Å². The molecule has 0 aliphatic rings. The van der Waals surface area contributed by atoms with Gasteiger partial charge in [0.1, 0.15) is 0 Å².